The molecule has 2 nitrogen and oxygen atoms in total. The van der Waals surface area contributed by atoms with Crippen LogP contribution in [0.1, 0.15) is 20.8 Å². The topological polar surface area (TPSA) is 24.1 Å². The molecule has 0 heterocycles. The van der Waals surface area contributed by atoms with Crippen molar-refractivity contribution < 1.29 is 17.6 Å². The SMILES string of the molecule is CC(C)NCC(C)NCC(F)(F)C(F)F. The fourth-order valence-electron chi connectivity index (χ4n) is 0.872. The number of nitrogens with one attached hydrogen (secondary N) is 2. The Morgan fingerprint density at radius 2 is 1.60 bits per heavy atom. The van der Waals surface area contributed by atoms with E-state index in [1.807, 2.05) is 13.8 Å². The normalized spacial score (nSPS) is 15.0. The van der Waals surface area contributed by atoms with E-state index in [2.05, 4.69) is 10.6 Å². The molecule has 0 amide bonds. The van der Waals surface area contributed by atoms with E-state index in [-0.39, 0.29) is 12.1 Å². The average Bonchev–Trinajstić information content (AvgIpc) is 2.11. The van der Waals surface area contributed by atoms with Gasteiger partial charge in [0.1, 0.15) is 0 Å². The van der Waals surface area contributed by atoms with Crippen molar-refractivity contribution in [3.05, 3.63) is 0 Å². The molecule has 0 aliphatic rings. The maximum absolute atomic E-state index is 12.5. The second kappa shape index (κ2) is 6.27. The maximum Gasteiger partial charge on any atom is 0.319 e. The third-order valence-corrected chi connectivity index (χ3v) is 1.84. The van der Waals surface area contributed by atoms with E-state index in [1.165, 1.54) is 0 Å². The van der Waals surface area contributed by atoms with Crippen molar-refractivity contribution in [2.24, 2.45) is 0 Å². The minimum Gasteiger partial charge on any atom is -0.313 e. The van der Waals surface area contributed by atoms with Crippen LogP contribution < -0.4 is 10.6 Å². The summed E-state index contributed by atoms with van der Waals surface area (Å²) >= 11 is 0. The highest BCUT2D eigenvalue weighted by molar-refractivity contribution is 4.75. The zero-order valence-corrected chi connectivity index (χ0v) is 9.16. The highest BCUT2D eigenvalue weighted by Gasteiger charge is 2.40. The van der Waals surface area contributed by atoms with Gasteiger partial charge in [-0.05, 0) is 6.92 Å². The Morgan fingerprint density at radius 3 is 2.00 bits per heavy atom. The van der Waals surface area contributed by atoms with Crippen molar-refractivity contribution >= 4 is 0 Å². The fourth-order valence-corrected chi connectivity index (χ4v) is 0.872. The van der Waals surface area contributed by atoms with E-state index in [9.17, 15) is 17.6 Å². The van der Waals surface area contributed by atoms with Crippen molar-refractivity contribution in [1.82, 2.24) is 10.6 Å². The van der Waals surface area contributed by atoms with Crippen molar-refractivity contribution in [2.45, 2.75) is 45.2 Å². The molecule has 0 saturated heterocycles. The summed E-state index contributed by atoms with van der Waals surface area (Å²) in [6.45, 7) is 4.97. The fraction of sp³-hybridized carbons (Fsp3) is 1.00. The lowest BCUT2D eigenvalue weighted by atomic mass is 10.2. The molecule has 0 rings (SSSR count). The molecule has 0 saturated carbocycles. The van der Waals surface area contributed by atoms with E-state index in [1.54, 1.807) is 6.92 Å². The van der Waals surface area contributed by atoms with Gasteiger partial charge in [0.15, 0.2) is 0 Å². The molecule has 0 spiro atoms. The van der Waals surface area contributed by atoms with Crippen molar-refractivity contribution in [3.63, 3.8) is 0 Å². The minimum absolute atomic E-state index is 0.241. The van der Waals surface area contributed by atoms with E-state index in [0.29, 0.717) is 6.54 Å². The summed E-state index contributed by atoms with van der Waals surface area (Å²) < 4.78 is 48.5. The molecule has 0 bridgehead atoms. The first kappa shape index (κ1) is 14.6. The molecule has 1 atom stereocenters. The molecular formula is C9H18F4N2. The largest absolute Gasteiger partial charge is 0.319 e. The van der Waals surface area contributed by atoms with Gasteiger partial charge in [0.25, 0.3) is 0 Å². The van der Waals surface area contributed by atoms with Gasteiger partial charge in [0, 0.05) is 18.6 Å². The Kier molecular flexibility index (Phi) is 6.12. The highest BCUT2D eigenvalue weighted by Crippen LogP contribution is 2.21. The van der Waals surface area contributed by atoms with Crippen LogP contribution in [0.25, 0.3) is 0 Å². The number of rotatable bonds is 7. The van der Waals surface area contributed by atoms with Gasteiger partial charge in [-0.1, -0.05) is 13.8 Å². The maximum atomic E-state index is 12.5. The van der Waals surface area contributed by atoms with Gasteiger partial charge in [-0.3, -0.25) is 0 Å². The highest BCUT2D eigenvalue weighted by atomic mass is 19.3. The monoisotopic (exact) mass is 230 g/mol. The van der Waals surface area contributed by atoms with Crippen LogP contribution in [0.15, 0.2) is 0 Å². The number of alkyl halides is 4. The van der Waals surface area contributed by atoms with E-state index in [0.717, 1.165) is 0 Å². The predicted molar refractivity (Wildman–Crippen MR) is 51.6 cm³/mol. The summed E-state index contributed by atoms with van der Waals surface area (Å²) in [7, 11) is 0. The second-order valence-corrected chi connectivity index (χ2v) is 3.91. The summed E-state index contributed by atoms with van der Waals surface area (Å²) in [5.74, 6) is -3.95. The molecule has 0 aliphatic heterocycles. The molecular weight excluding hydrogens is 212 g/mol. The van der Waals surface area contributed by atoms with E-state index >= 15 is 0 Å². The van der Waals surface area contributed by atoms with E-state index in [4.69, 9.17) is 0 Å². The molecule has 0 radical (unpaired) electrons. The van der Waals surface area contributed by atoms with Gasteiger partial charge in [-0.2, -0.15) is 8.78 Å². The third kappa shape index (κ3) is 6.67. The Labute approximate surface area is 87.4 Å². The quantitative estimate of drug-likeness (QED) is 0.652. The number of hydrogen-bond acceptors (Lipinski definition) is 2. The van der Waals surface area contributed by atoms with Crippen LogP contribution in [0.4, 0.5) is 17.6 Å². The summed E-state index contributed by atoms with van der Waals surface area (Å²) in [6.07, 6.45) is -3.62. The van der Waals surface area contributed by atoms with Gasteiger partial charge in [-0.15, -0.1) is 0 Å². The third-order valence-electron chi connectivity index (χ3n) is 1.84. The van der Waals surface area contributed by atoms with E-state index < -0.39 is 18.9 Å². The van der Waals surface area contributed by atoms with Gasteiger partial charge in [0.05, 0.1) is 6.54 Å². The van der Waals surface area contributed by atoms with Gasteiger partial charge < -0.3 is 10.6 Å². The Morgan fingerprint density at radius 1 is 1.07 bits per heavy atom. The van der Waals surface area contributed by atoms with Crippen LogP contribution in [0.5, 0.6) is 0 Å². The standard InChI is InChI=1S/C9H18F4N2/c1-6(2)14-4-7(3)15-5-9(12,13)8(10)11/h6-8,14-15H,4-5H2,1-3H3. The molecule has 0 fully saturated rings. The first-order valence-corrected chi connectivity index (χ1v) is 4.88. The smallest absolute Gasteiger partial charge is 0.313 e. The molecule has 1 unspecified atom stereocenters. The molecule has 2 N–H and O–H groups in total. The Bertz CT molecular complexity index is 173. The van der Waals surface area contributed by atoms with Crippen molar-refractivity contribution in [3.8, 4) is 0 Å². The number of hydrogen-bond donors (Lipinski definition) is 2. The summed E-state index contributed by atoms with van der Waals surface area (Å²) in [4.78, 5) is 0. The zero-order valence-electron chi connectivity index (χ0n) is 9.16. The molecule has 0 aromatic heterocycles. The molecule has 0 aromatic rings. The number of halogens is 4. The van der Waals surface area contributed by atoms with Gasteiger partial charge in [-0.25, -0.2) is 8.78 Å². The van der Waals surface area contributed by atoms with Crippen LogP contribution in [-0.4, -0.2) is 37.5 Å². The predicted octanol–water partition coefficient (Wildman–Crippen LogP) is 1.86. The lowest BCUT2D eigenvalue weighted by Crippen LogP contribution is -2.46. The van der Waals surface area contributed by atoms with Crippen LogP contribution in [0.3, 0.4) is 0 Å². The lowest BCUT2D eigenvalue weighted by molar-refractivity contribution is -0.126. The lowest BCUT2D eigenvalue weighted by Gasteiger charge is -2.20. The Balaban J connectivity index is 3.75. The minimum atomic E-state index is -3.95. The van der Waals surface area contributed by atoms with Crippen LogP contribution in [0.2, 0.25) is 0 Å². The van der Waals surface area contributed by atoms with Crippen LogP contribution in [-0.2, 0) is 0 Å². The summed E-state index contributed by atoms with van der Waals surface area (Å²) in [5, 5.41) is 5.38. The second-order valence-electron chi connectivity index (χ2n) is 3.91. The van der Waals surface area contributed by atoms with Crippen LogP contribution >= 0.6 is 0 Å². The summed E-state index contributed by atoms with van der Waals surface area (Å²) in [6, 6.07) is -0.0260. The van der Waals surface area contributed by atoms with Crippen molar-refractivity contribution in [2.75, 3.05) is 13.1 Å². The molecule has 92 valence electrons. The zero-order chi connectivity index (χ0) is 12.1. The van der Waals surface area contributed by atoms with Crippen LogP contribution in [0, 0.1) is 0 Å². The first-order chi connectivity index (χ1) is 6.75. The molecule has 0 aliphatic carbocycles. The van der Waals surface area contributed by atoms with Gasteiger partial charge >= 0.3 is 12.3 Å². The van der Waals surface area contributed by atoms with Gasteiger partial charge in [0.2, 0.25) is 0 Å². The van der Waals surface area contributed by atoms with Crippen molar-refractivity contribution in [1.29, 1.82) is 0 Å². The first-order valence-electron chi connectivity index (χ1n) is 4.88. The molecule has 6 heteroatoms. The summed E-state index contributed by atoms with van der Waals surface area (Å²) in [5.41, 5.74) is 0. The molecule has 15 heavy (non-hydrogen) atoms. The molecule has 0 aromatic carbocycles. The average molecular weight is 230 g/mol. The Hall–Kier alpha value is -0.360.